The number of anilines is 3. The summed E-state index contributed by atoms with van der Waals surface area (Å²) in [5.41, 5.74) is 15.7. The molecule has 2 nitrogen and oxygen atoms in total. The molecule has 0 aliphatic rings. The Balaban J connectivity index is 1.16. The van der Waals surface area contributed by atoms with E-state index in [-0.39, 0.29) is 0 Å². The van der Waals surface area contributed by atoms with Gasteiger partial charge in [0.25, 0.3) is 0 Å². The third-order valence-corrected chi connectivity index (χ3v) is 9.89. The van der Waals surface area contributed by atoms with Crippen LogP contribution in [-0.4, -0.2) is 4.98 Å². The molecule has 0 spiro atoms. The minimum absolute atomic E-state index is 0.981. The first-order chi connectivity index (χ1) is 26.3. The zero-order valence-electron chi connectivity index (χ0n) is 29.2. The Morgan fingerprint density at radius 3 is 1.32 bits per heavy atom. The van der Waals surface area contributed by atoms with Gasteiger partial charge in [-0.3, -0.25) is 0 Å². The Labute approximate surface area is 310 Å². The number of hydrogen-bond acceptors (Lipinski definition) is 2. The van der Waals surface area contributed by atoms with Gasteiger partial charge in [0, 0.05) is 33.5 Å². The largest absolute Gasteiger partial charge is 0.310 e. The lowest BCUT2D eigenvalue weighted by Crippen LogP contribution is -2.11. The molecular weight excluding hydrogens is 641 g/mol. The van der Waals surface area contributed by atoms with Gasteiger partial charge < -0.3 is 4.90 Å². The topological polar surface area (TPSA) is 16.1 Å². The van der Waals surface area contributed by atoms with E-state index in [2.05, 4.69) is 223 Å². The van der Waals surface area contributed by atoms with Crippen molar-refractivity contribution in [2.75, 3.05) is 4.90 Å². The van der Waals surface area contributed by atoms with E-state index in [1.807, 2.05) is 0 Å². The molecule has 8 aromatic carbocycles. The van der Waals surface area contributed by atoms with Crippen LogP contribution >= 0.6 is 0 Å². The van der Waals surface area contributed by atoms with Crippen LogP contribution < -0.4 is 4.90 Å². The van der Waals surface area contributed by atoms with Gasteiger partial charge in [-0.2, -0.15) is 0 Å². The predicted molar refractivity (Wildman–Crippen MR) is 224 cm³/mol. The number of fused-ring (bicyclic) bond motifs is 1. The number of benzene rings is 8. The molecule has 2 heteroatoms. The number of pyridine rings is 1. The maximum Gasteiger partial charge on any atom is 0.0788 e. The van der Waals surface area contributed by atoms with E-state index < -0.39 is 0 Å². The van der Waals surface area contributed by atoms with Crippen molar-refractivity contribution in [2.24, 2.45) is 0 Å². The Kier molecular flexibility index (Phi) is 8.61. The molecule has 0 unspecified atom stereocenters. The van der Waals surface area contributed by atoms with Crippen molar-refractivity contribution in [2.45, 2.75) is 0 Å². The first kappa shape index (κ1) is 31.9. The standard InChI is InChI=1S/C51H36N2/c1-4-14-37(15-5-1)39-24-26-41(27-25-39)47-21-11-13-23-50(47)53(45-32-28-40(29-33-45)38-16-6-2-7-17-38)46-34-30-42(31-35-46)48-36-44-20-10-12-22-49(44)52-51(48)43-18-8-3-9-19-43/h1-36H. The summed E-state index contributed by atoms with van der Waals surface area (Å²) >= 11 is 0. The second-order valence-electron chi connectivity index (χ2n) is 13.2. The molecule has 0 atom stereocenters. The maximum absolute atomic E-state index is 5.17. The average Bonchev–Trinajstić information content (AvgIpc) is 3.25. The minimum Gasteiger partial charge on any atom is -0.310 e. The van der Waals surface area contributed by atoms with Crippen LogP contribution in [0.15, 0.2) is 218 Å². The van der Waals surface area contributed by atoms with E-state index in [0.29, 0.717) is 0 Å². The fourth-order valence-electron chi connectivity index (χ4n) is 7.19. The van der Waals surface area contributed by atoms with Crippen molar-refractivity contribution in [1.82, 2.24) is 4.98 Å². The molecule has 250 valence electrons. The number of rotatable bonds is 8. The van der Waals surface area contributed by atoms with Crippen LogP contribution in [0.1, 0.15) is 0 Å². The van der Waals surface area contributed by atoms with Crippen molar-refractivity contribution in [3.05, 3.63) is 218 Å². The Morgan fingerprint density at radius 1 is 0.302 bits per heavy atom. The minimum atomic E-state index is 0.981. The Morgan fingerprint density at radius 2 is 0.717 bits per heavy atom. The van der Waals surface area contributed by atoms with E-state index in [0.717, 1.165) is 61.5 Å². The van der Waals surface area contributed by atoms with Gasteiger partial charge in [-0.25, -0.2) is 4.98 Å². The highest BCUT2D eigenvalue weighted by atomic mass is 15.1. The van der Waals surface area contributed by atoms with Gasteiger partial charge >= 0.3 is 0 Å². The second-order valence-corrected chi connectivity index (χ2v) is 13.2. The van der Waals surface area contributed by atoms with E-state index >= 15 is 0 Å². The van der Waals surface area contributed by atoms with Crippen LogP contribution in [0.5, 0.6) is 0 Å². The molecular formula is C51H36N2. The lowest BCUT2D eigenvalue weighted by molar-refractivity contribution is 1.28. The molecule has 0 N–H and O–H groups in total. The molecule has 1 heterocycles. The SMILES string of the molecule is c1ccc(-c2ccc(-c3ccccc3N(c3ccc(-c4ccccc4)cc3)c3ccc(-c4cc5ccccc5nc4-c4ccccc4)cc3)cc2)cc1. The van der Waals surface area contributed by atoms with Gasteiger partial charge in [-0.05, 0) is 75.8 Å². The van der Waals surface area contributed by atoms with Crippen molar-refractivity contribution in [3.63, 3.8) is 0 Å². The van der Waals surface area contributed by atoms with Crippen molar-refractivity contribution < 1.29 is 0 Å². The smallest absolute Gasteiger partial charge is 0.0788 e. The summed E-state index contributed by atoms with van der Waals surface area (Å²) < 4.78 is 0. The molecule has 0 aliphatic carbocycles. The fourth-order valence-corrected chi connectivity index (χ4v) is 7.19. The summed E-state index contributed by atoms with van der Waals surface area (Å²) in [6, 6.07) is 77.6. The van der Waals surface area contributed by atoms with Crippen LogP contribution in [0.2, 0.25) is 0 Å². The second kappa shape index (κ2) is 14.3. The monoisotopic (exact) mass is 676 g/mol. The summed E-state index contributed by atoms with van der Waals surface area (Å²) in [6.07, 6.45) is 0. The predicted octanol–water partition coefficient (Wildman–Crippen LogP) is 14.0. The van der Waals surface area contributed by atoms with Crippen LogP contribution in [0, 0.1) is 0 Å². The van der Waals surface area contributed by atoms with E-state index in [1.165, 1.54) is 22.3 Å². The van der Waals surface area contributed by atoms with Crippen molar-refractivity contribution in [3.8, 4) is 55.8 Å². The highest BCUT2D eigenvalue weighted by molar-refractivity contribution is 5.93. The normalized spacial score (nSPS) is 11.0. The van der Waals surface area contributed by atoms with Crippen LogP contribution in [0.4, 0.5) is 17.1 Å². The zero-order valence-corrected chi connectivity index (χ0v) is 29.2. The lowest BCUT2D eigenvalue weighted by atomic mass is 9.96. The van der Waals surface area contributed by atoms with Crippen molar-refractivity contribution >= 4 is 28.0 Å². The molecule has 9 rings (SSSR count). The third kappa shape index (κ3) is 6.51. The summed E-state index contributed by atoms with van der Waals surface area (Å²) in [5, 5.41) is 1.12. The van der Waals surface area contributed by atoms with Gasteiger partial charge in [0.15, 0.2) is 0 Å². The number of hydrogen-bond donors (Lipinski definition) is 0. The van der Waals surface area contributed by atoms with Gasteiger partial charge in [-0.1, -0.05) is 176 Å². The van der Waals surface area contributed by atoms with Crippen molar-refractivity contribution in [1.29, 1.82) is 0 Å². The summed E-state index contributed by atoms with van der Waals surface area (Å²) in [5.74, 6) is 0. The summed E-state index contributed by atoms with van der Waals surface area (Å²) in [7, 11) is 0. The molecule has 0 bridgehead atoms. The van der Waals surface area contributed by atoms with E-state index in [1.54, 1.807) is 0 Å². The molecule has 53 heavy (non-hydrogen) atoms. The lowest BCUT2D eigenvalue weighted by Gasteiger charge is -2.28. The zero-order chi connectivity index (χ0) is 35.4. The average molecular weight is 677 g/mol. The Bertz CT molecular complexity index is 2610. The summed E-state index contributed by atoms with van der Waals surface area (Å²) in [6.45, 7) is 0. The van der Waals surface area contributed by atoms with Crippen LogP contribution in [0.25, 0.3) is 66.7 Å². The Hall–Kier alpha value is -7.03. The quantitative estimate of drug-likeness (QED) is 0.159. The maximum atomic E-state index is 5.17. The molecule has 1 aromatic heterocycles. The van der Waals surface area contributed by atoms with Crippen LogP contribution in [-0.2, 0) is 0 Å². The van der Waals surface area contributed by atoms with E-state index in [9.17, 15) is 0 Å². The first-order valence-corrected chi connectivity index (χ1v) is 18.0. The number of nitrogens with zero attached hydrogens (tertiary/aromatic N) is 2. The molecule has 0 aliphatic heterocycles. The third-order valence-electron chi connectivity index (χ3n) is 9.89. The first-order valence-electron chi connectivity index (χ1n) is 18.0. The highest BCUT2D eigenvalue weighted by Gasteiger charge is 2.19. The van der Waals surface area contributed by atoms with Crippen LogP contribution in [0.3, 0.4) is 0 Å². The van der Waals surface area contributed by atoms with Gasteiger partial charge in [0.1, 0.15) is 0 Å². The summed E-state index contributed by atoms with van der Waals surface area (Å²) in [4.78, 5) is 7.54. The molecule has 9 aromatic rings. The molecule has 0 fully saturated rings. The number of aromatic nitrogens is 1. The fraction of sp³-hybridized carbons (Fsp3) is 0. The number of para-hydroxylation sites is 2. The molecule has 0 saturated heterocycles. The molecule has 0 amide bonds. The molecule has 0 saturated carbocycles. The van der Waals surface area contributed by atoms with Gasteiger partial charge in [0.2, 0.25) is 0 Å². The van der Waals surface area contributed by atoms with E-state index in [4.69, 9.17) is 4.98 Å². The highest BCUT2D eigenvalue weighted by Crippen LogP contribution is 2.43. The molecule has 0 radical (unpaired) electrons. The van der Waals surface area contributed by atoms with Gasteiger partial charge in [-0.15, -0.1) is 0 Å². The van der Waals surface area contributed by atoms with Gasteiger partial charge in [0.05, 0.1) is 16.9 Å².